The number of aromatic amines is 1. The SMILES string of the molecule is CSCCC(C)n1c(=S)[nH]c2cc(Br)ccc21. The van der Waals surface area contributed by atoms with Crippen LogP contribution in [-0.4, -0.2) is 21.6 Å². The second kappa shape index (κ2) is 5.59. The Morgan fingerprint density at radius 1 is 1.53 bits per heavy atom. The average molecular weight is 331 g/mol. The molecule has 2 nitrogen and oxygen atoms in total. The molecule has 5 heteroatoms. The second-order valence-corrected chi connectivity index (χ2v) is 6.38. The van der Waals surface area contributed by atoms with Crippen molar-refractivity contribution in [1.82, 2.24) is 9.55 Å². The number of aromatic nitrogens is 2. The number of benzene rings is 1. The van der Waals surface area contributed by atoms with Gasteiger partial charge in [0.25, 0.3) is 0 Å². The van der Waals surface area contributed by atoms with Crippen LogP contribution in [-0.2, 0) is 0 Å². The zero-order chi connectivity index (χ0) is 12.4. The van der Waals surface area contributed by atoms with Gasteiger partial charge in [-0.3, -0.25) is 0 Å². The summed E-state index contributed by atoms with van der Waals surface area (Å²) in [5, 5.41) is 0. The second-order valence-electron chi connectivity index (χ2n) is 4.09. The Hall–Kier alpha value is -0.260. The molecule has 1 heterocycles. The van der Waals surface area contributed by atoms with Gasteiger partial charge < -0.3 is 9.55 Å². The van der Waals surface area contributed by atoms with Gasteiger partial charge in [0.2, 0.25) is 0 Å². The number of nitrogens with zero attached hydrogens (tertiary/aromatic N) is 1. The van der Waals surface area contributed by atoms with E-state index in [-0.39, 0.29) is 0 Å². The highest BCUT2D eigenvalue weighted by atomic mass is 79.9. The fraction of sp³-hybridized carbons (Fsp3) is 0.417. The third-order valence-electron chi connectivity index (χ3n) is 2.86. The van der Waals surface area contributed by atoms with Crippen molar-refractivity contribution >= 4 is 50.9 Å². The molecule has 17 heavy (non-hydrogen) atoms. The topological polar surface area (TPSA) is 20.7 Å². The van der Waals surface area contributed by atoms with Crippen molar-refractivity contribution < 1.29 is 0 Å². The lowest BCUT2D eigenvalue weighted by Crippen LogP contribution is -2.06. The van der Waals surface area contributed by atoms with E-state index in [4.69, 9.17) is 12.2 Å². The summed E-state index contributed by atoms with van der Waals surface area (Å²) in [7, 11) is 0. The Morgan fingerprint density at radius 2 is 2.29 bits per heavy atom. The Morgan fingerprint density at radius 3 is 3.00 bits per heavy atom. The van der Waals surface area contributed by atoms with Crippen LogP contribution >= 0.6 is 39.9 Å². The van der Waals surface area contributed by atoms with Crippen LogP contribution in [0.5, 0.6) is 0 Å². The molecule has 0 spiro atoms. The van der Waals surface area contributed by atoms with Crippen molar-refractivity contribution in [3.8, 4) is 0 Å². The first-order valence-electron chi connectivity index (χ1n) is 5.52. The quantitative estimate of drug-likeness (QED) is 0.814. The van der Waals surface area contributed by atoms with Crippen LogP contribution in [0, 0.1) is 4.77 Å². The van der Waals surface area contributed by atoms with E-state index in [2.05, 4.69) is 56.9 Å². The summed E-state index contributed by atoms with van der Waals surface area (Å²) < 4.78 is 4.10. The van der Waals surface area contributed by atoms with E-state index in [1.807, 2.05) is 11.8 Å². The first kappa shape index (κ1) is 13.2. The zero-order valence-electron chi connectivity index (χ0n) is 9.87. The lowest BCUT2D eigenvalue weighted by atomic mass is 10.2. The fourth-order valence-corrected chi connectivity index (χ4v) is 3.28. The molecule has 2 aromatic rings. The highest BCUT2D eigenvalue weighted by Crippen LogP contribution is 2.24. The molecule has 0 saturated carbocycles. The number of halogens is 1. The van der Waals surface area contributed by atoms with Crippen LogP contribution in [0.25, 0.3) is 11.0 Å². The van der Waals surface area contributed by atoms with Crippen LogP contribution in [0.1, 0.15) is 19.4 Å². The molecule has 0 saturated heterocycles. The summed E-state index contributed by atoms with van der Waals surface area (Å²) in [6.45, 7) is 2.22. The van der Waals surface area contributed by atoms with Gasteiger partial charge in [-0.15, -0.1) is 0 Å². The van der Waals surface area contributed by atoms with Gasteiger partial charge in [0.05, 0.1) is 11.0 Å². The number of fused-ring (bicyclic) bond motifs is 1. The summed E-state index contributed by atoms with van der Waals surface area (Å²) in [4.78, 5) is 3.27. The third kappa shape index (κ3) is 2.77. The highest BCUT2D eigenvalue weighted by molar-refractivity contribution is 9.10. The first-order chi connectivity index (χ1) is 8.13. The van der Waals surface area contributed by atoms with E-state index < -0.39 is 0 Å². The highest BCUT2D eigenvalue weighted by Gasteiger charge is 2.10. The van der Waals surface area contributed by atoms with Crippen LogP contribution in [0.15, 0.2) is 22.7 Å². The van der Waals surface area contributed by atoms with Gasteiger partial charge in [-0.05, 0) is 55.8 Å². The van der Waals surface area contributed by atoms with Crippen molar-refractivity contribution in [2.75, 3.05) is 12.0 Å². The maximum atomic E-state index is 5.41. The minimum atomic E-state index is 0.435. The molecular weight excluding hydrogens is 316 g/mol. The van der Waals surface area contributed by atoms with Crippen molar-refractivity contribution in [2.24, 2.45) is 0 Å². The van der Waals surface area contributed by atoms with Crippen LogP contribution in [0.4, 0.5) is 0 Å². The minimum absolute atomic E-state index is 0.435. The van der Waals surface area contributed by atoms with E-state index in [1.54, 1.807) is 0 Å². The normalized spacial score (nSPS) is 13.1. The predicted octanol–water partition coefficient (Wildman–Crippen LogP) is 4.78. The Labute approximate surface area is 119 Å². The molecule has 0 radical (unpaired) electrons. The number of hydrogen-bond acceptors (Lipinski definition) is 2. The van der Waals surface area contributed by atoms with Crippen molar-refractivity contribution in [1.29, 1.82) is 0 Å². The Balaban J connectivity index is 2.46. The molecule has 0 amide bonds. The molecule has 1 atom stereocenters. The maximum absolute atomic E-state index is 5.41. The number of nitrogens with one attached hydrogen (secondary N) is 1. The van der Waals surface area contributed by atoms with Crippen LogP contribution in [0.3, 0.4) is 0 Å². The van der Waals surface area contributed by atoms with Gasteiger partial charge >= 0.3 is 0 Å². The summed E-state index contributed by atoms with van der Waals surface area (Å²) in [6, 6.07) is 6.68. The number of hydrogen-bond donors (Lipinski definition) is 1. The maximum Gasteiger partial charge on any atom is 0.178 e. The Kier molecular flexibility index (Phi) is 4.33. The van der Waals surface area contributed by atoms with E-state index in [0.29, 0.717) is 6.04 Å². The van der Waals surface area contributed by atoms with Gasteiger partial charge in [-0.2, -0.15) is 11.8 Å². The van der Waals surface area contributed by atoms with E-state index in [0.717, 1.165) is 26.9 Å². The lowest BCUT2D eigenvalue weighted by molar-refractivity contribution is 0.543. The number of imidazole rings is 1. The monoisotopic (exact) mass is 330 g/mol. The van der Waals surface area contributed by atoms with E-state index in [9.17, 15) is 0 Å². The fourth-order valence-electron chi connectivity index (χ4n) is 1.96. The average Bonchev–Trinajstić information content (AvgIpc) is 2.61. The molecule has 0 fully saturated rings. The molecule has 1 aromatic heterocycles. The molecular formula is C12H15BrN2S2. The molecule has 92 valence electrons. The predicted molar refractivity (Wildman–Crippen MR) is 82.5 cm³/mol. The lowest BCUT2D eigenvalue weighted by Gasteiger charge is -2.13. The molecule has 1 N–H and O–H groups in total. The summed E-state index contributed by atoms with van der Waals surface area (Å²) >= 11 is 10.8. The first-order valence-corrected chi connectivity index (χ1v) is 8.11. The van der Waals surface area contributed by atoms with Crippen molar-refractivity contribution in [3.63, 3.8) is 0 Å². The standard InChI is InChI=1S/C12H15BrN2S2/c1-8(5-6-17-2)15-11-4-3-9(13)7-10(11)14-12(15)16/h3-4,7-8H,5-6H2,1-2H3,(H,14,16). The van der Waals surface area contributed by atoms with Gasteiger partial charge in [-0.25, -0.2) is 0 Å². The van der Waals surface area contributed by atoms with Crippen molar-refractivity contribution in [2.45, 2.75) is 19.4 Å². The van der Waals surface area contributed by atoms with Gasteiger partial charge in [0, 0.05) is 10.5 Å². The van der Waals surface area contributed by atoms with Crippen LogP contribution < -0.4 is 0 Å². The smallest absolute Gasteiger partial charge is 0.178 e. The molecule has 1 unspecified atom stereocenters. The summed E-state index contributed by atoms with van der Waals surface area (Å²) in [6.07, 6.45) is 3.27. The zero-order valence-corrected chi connectivity index (χ0v) is 13.1. The van der Waals surface area contributed by atoms with E-state index >= 15 is 0 Å². The summed E-state index contributed by atoms with van der Waals surface area (Å²) in [5.74, 6) is 1.16. The molecule has 0 aliphatic rings. The van der Waals surface area contributed by atoms with Crippen molar-refractivity contribution in [3.05, 3.63) is 27.4 Å². The molecule has 0 aliphatic carbocycles. The number of rotatable bonds is 4. The number of thioether (sulfide) groups is 1. The largest absolute Gasteiger partial charge is 0.331 e. The third-order valence-corrected chi connectivity index (χ3v) is 4.30. The van der Waals surface area contributed by atoms with Gasteiger partial charge in [0.1, 0.15) is 0 Å². The minimum Gasteiger partial charge on any atom is -0.331 e. The summed E-state index contributed by atoms with van der Waals surface area (Å²) in [5.41, 5.74) is 2.28. The molecule has 1 aromatic carbocycles. The van der Waals surface area contributed by atoms with Gasteiger partial charge in [0.15, 0.2) is 4.77 Å². The van der Waals surface area contributed by atoms with E-state index in [1.165, 1.54) is 5.52 Å². The Bertz CT molecular complexity index is 573. The van der Waals surface area contributed by atoms with Crippen LogP contribution in [0.2, 0.25) is 0 Å². The molecule has 0 bridgehead atoms. The number of H-pyrrole nitrogens is 1. The molecule has 0 aliphatic heterocycles. The molecule has 2 rings (SSSR count). The van der Waals surface area contributed by atoms with Gasteiger partial charge in [-0.1, -0.05) is 15.9 Å².